The fourth-order valence-corrected chi connectivity index (χ4v) is 2.76. The van der Waals surface area contributed by atoms with Crippen LogP contribution in [0.2, 0.25) is 0 Å². The second-order valence-corrected chi connectivity index (χ2v) is 5.73. The quantitative estimate of drug-likeness (QED) is 0.405. The molecule has 0 radical (unpaired) electrons. The number of furan rings is 1. The van der Waals surface area contributed by atoms with Crippen molar-refractivity contribution in [2.24, 2.45) is 5.10 Å². The lowest BCUT2D eigenvalue weighted by Gasteiger charge is -2.08. The average molecular weight is 373 g/mol. The summed E-state index contributed by atoms with van der Waals surface area (Å²) in [5.74, 6) is 1.48. The van der Waals surface area contributed by atoms with Crippen molar-refractivity contribution < 1.29 is 13.9 Å². The van der Waals surface area contributed by atoms with Gasteiger partial charge in [-0.25, -0.2) is 9.97 Å². The first kappa shape index (κ1) is 17.3. The van der Waals surface area contributed by atoms with E-state index in [1.54, 1.807) is 24.4 Å². The lowest BCUT2D eigenvalue weighted by Crippen LogP contribution is -1.98. The predicted molar refractivity (Wildman–Crippen MR) is 105 cm³/mol. The summed E-state index contributed by atoms with van der Waals surface area (Å²) in [6, 6.07) is 14.9. The Balaban J connectivity index is 1.58. The Kier molecular flexibility index (Phi) is 4.72. The van der Waals surface area contributed by atoms with E-state index in [-0.39, 0.29) is 6.61 Å². The van der Waals surface area contributed by atoms with Gasteiger partial charge in [0.05, 0.1) is 13.3 Å². The number of benzene rings is 2. The van der Waals surface area contributed by atoms with E-state index in [1.807, 2.05) is 30.3 Å². The molecule has 0 saturated heterocycles. The molecule has 0 saturated carbocycles. The maximum absolute atomic E-state index is 8.63. The lowest BCUT2D eigenvalue weighted by molar-refractivity contribution is 0.329. The molecule has 0 aliphatic heterocycles. The van der Waals surface area contributed by atoms with Crippen LogP contribution in [-0.2, 0) is 0 Å². The highest BCUT2D eigenvalue weighted by Gasteiger charge is 2.12. The number of anilines is 1. The zero-order valence-corrected chi connectivity index (χ0v) is 14.9. The van der Waals surface area contributed by atoms with E-state index in [1.165, 1.54) is 13.4 Å². The Bertz CT molecular complexity index is 1210. The van der Waals surface area contributed by atoms with Gasteiger partial charge in [-0.1, -0.05) is 12.1 Å². The SMILES string of the molecule is COc1cc(/C=N\Nc2ncnc3c2oc2ccccc23)ccc1OCC#N. The van der Waals surface area contributed by atoms with Crippen LogP contribution in [0, 0.1) is 11.3 Å². The summed E-state index contributed by atoms with van der Waals surface area (Å²) in [5.41, 5.74) is 5.68. The molecule has 2 aromatic heterocycles. The molecule has 2 heterocycles. The molecule has 0 aliphatic rings. The van der Waals surface area contributed by atoms with Gasteiger partial charge in [-0.05, 0) is 35.9 Å². The second kappa shape index (κ2) is 7.63. The van der Waals surface area contributed by atoms with E-state index in [2.05, 4.69) is 20.5 Å². The molecule has 0 fully saturated rings. The van der Waals surface area contributed by atoms with E-state index in [0.717, 1.165) is 22.0 Å². The molecule has 0 spiro atoms. The number of methoxy groups -OCH3 is 1. The number of nitriles is 1. The van der Waals surface area contributed by atoms with E-state index in [0.29, 0.717) is 22.9 Å². The van der Waals surface area contributed by atoms with Gasteiger partial charge in [0.1, 0.15) is 23.5 Å². The third kappa shape index (κ3) is 3.29. The van der Waals surface area contributed by atoms with Gasteiger partial charge in [0.15, 0.2) is 29.5 Å². The number of ether oxygens (including phenoxy) is 2. The zero-order chi connectivity index (χ0) is 19.3. The van der Waals surface area contributed by atoms with E-state index in [9.17, 15) is 0 Å². The Morgan fingerprint density at radius 1 is 1.21 bits per heavy atom. The number of nitrogens with zero attached hydrogens (tertiary/aromatic N) is 4. The molecule has 138 valence electrons. The molecule has 4 rings (SSSR count). The van der Waals surface area contributed by atoms with Crippen LogP contribution in [0.1, 0.15) is 5.56 Å². The monoisotopic (exact) mass is 373 g/mol. The average Bonchev–Trinajstić information content (AvgIpc) is 3.12. The number of hydrazone groups is 1. The summed E-state index contributed by atoms with van der Waals surface area (Å²) in [6.07, 6.45) is 3.08. The molecule has 8 nitrogen and oxygen atoms in total. The molecule has 0 aliphatic carbocycles. The van der Waals surface area contributed by atoms with Crippen molar-refractivity contribution in [1.29, 1.82) is 5.26 Å². The predicted octanol–water partition coefficient (Wildman–Crippen LogP) is 3.73. The number of para-hydroxylation sites is 1. The first-order valence-corrected chi connectivity index (χ1v) is 8.39. The van der Waals surface area contributed by atoms with Crippen LogP contribution < -0.4 is 14.9 Å². The number of fused-ring (bicyclic) bond motifs is 3. The van der Waals surface area contributed by atoms with Gasteiger partial charge in [0.2, 0.25) is 0 Å². The number of hydrogen-bond donors (Lipinski definition) is 1. The highest BCUT2D eigenvalue weighted by molar-refractivity contribution is 6.05. The summed E-state index contributed by atoms with van der Waals surface area (Å²) in [5, 5.41) is 13.8. The highest BCUT2D eigenvalue weighted by atomic mass is 16.5. The van der Waals surface area contributed by atoms with Crippen LogP contribution in [0.3, 0.4) is 0 Å². The van der Waals surface area contributed by atoms with Crippen molar-refractivity contribution in [3.05, 3.63) is 54.4 Å². The molecule has 1 N–H and O–H groups in total. The summed E-state index contributed by atoms with van der Waals surface area (Å²) in [7, 11) is 1.53. The Hall–Kier alpha value is -4.12. The van der Waals surface area contributed by atoms with Gasteiger partial charge in [-0.2, -0.15) is 10.4 Å². The third-order valence-corrected chi connectivity index (χ3v) is 4.02. The molecule has 4 aromatic rings. The Morgan fingerprint density at radius 3 is 2.96 bits per heavy atom. The number of rotatable bonds is 6. The lowest BCUT2D eigenvalue weighted by atomic mass is 10.2. The number of hydrogen-bond acceptors (Lipinski definition) is 8. The fraction of sp³-hybridized carbons (Fsp3) is 0.100. The van der Waals surface area contributed by atoms with E-state index in [4.69, 9.17) is 19.2 Å². The minimum absolute atomic E-state index is 0.0490. The van der Waals surface area contributed by atoms with Crippen molar-refractivity contribution >= 4 is 34.1 Å². The van der Waals surface area contributed by atoms with Crippen molar-refractivity contribution in [1.82, 2.24) is 9.97 Å². The molecule has 8 heteroatoms. The topological polar surface area (TPSA) is 106 Å². The molecule has 0 bridgehead atoms. The highest BCUT2D eigenvalue weighted by Crippen LogP contribution is 2.30. The normalized spacial score (nSPS) is 11.0. The van der Waals surface area contributed by atoms with Gasteiger partial charge >= 0.3 is 0 Å². The molecular weight excluding hydrogens is 358 g/mol. The van der Waals surface area contributed by atoms with Crippen LogP contribution in [0.15, 0.2) is 58.3 Å². The maximum atomic E-state index is 8.63. The molecular formula is C20H15N5O3. The number of aromatic nitrogens is 2. The standard InChI is InChI=1S/C20H15N5O3/c1-26-17-10-13(6-7-16(17)27-9-8-21)11-24-25-20-19-18(22-12-23-20)14-4-2-3-5-15(14)28-19/h2-7,10-12H,9H2,1H3,(H,22,23,25)/b24-11-. The van der Waals surface area contributed by atoms with Crippen molar-refractivity contribution in [2.75, 3.05) is 19.1 Å². The van der Waals surface area contributed by atoms with Crippen LogP contribution in [-0.4, -0.2) is 29.9 Å². The Labute approximate surface area is 160 Å². The molecule has 0 amide bonds. The van der Waals surface area contributed by atoms with Crippen molar-refractivity contribution in [3.63, 3.8) is 0 Å². The van der Waals surface area contributed by atoms with Gasteiger partial charge < -0.3 is 13.9 Å². The van der Waals surface area contributed by atoms with E-state index >= 15 is 0 Å². The summed E-state index contributed by atoms with van der Waals surface area (Å²) < 4.78 is 16.4. The first-order valence-electron chi connectivity index (χ1n) is 8.39. The molecule has 0 atom stereocenters. The first-order chi connectivity index (χ1) is 13.8. The summed E-state index contributed by atoms with van der Waals surface area (Å²) in [4.78, 5) is 8.51. The van der Waals surface area contributed by atoms with Crippen LogP contribution in [0.25, 0.3) is 22.1 Å². The van der Waals surface area contributed by atoms with Crippen molar-refractivity contribution in [2.45, 2.75) is 0 Å². The van der Waals surface area contributed by atoms with Gasteiger partial charge in [0, 0.05) is 5.39 Å². The van der Waals surface area contributed by atoms with Gasteiger partial charge in [0.25, 0.3) is 0 Å². The van der Waals surface area contributed by atoms with Crippen LogP contribution in [0.4, 0.5) is 5.82 Å². The maximum Gasteiger partial charge on any atom is 0.197 e. The van der Waals surface area contributed by atoms with Crippen LogP contribution in [0.5, 0.6) is 11.5 Å². The van der Waals surface area contributed by atoms with Crippen LogP contribution >= 0.6 is 0 Å². The fourth-order valence-electron chi connectivity index (χ4n) is 2.76. The zero-order valence-electron chi connectivity index (χ0n) is 14.9. The minimum atomic E-state index is -0.0490. The van der Waals surface area contributed by atoms with Gasteiger partial charge in [-0.15, -0.1) is 0 Å². The third-order valence-electron chi connectivity index (χ3n) is 4.02. The smallest absolute Gasteiger partial charge is 0.197 e. The largest absolute Gasteiger partial charge is 0.493 e. The number of nitrogens with one attached hydrogen (secondary N) is 1. The van der Waals surface area contributed by atoms with E-state index < -0.39 is 0 Å². The summed E-state index contributed by atoms with van der Waals surface area (Å²) >= 11 is 0. The molecule has 28 heavy (non-hydrogen) atoms. The molecule has 2 aromatic carbocycles. The minimum Gasteiger partial charge on any atom is -0.493 e. The van der Waals surface area contributed by atoms with Gasteiger partial charge in [-0.3, -0.25) is 5.43 Å². The summed E-state index contributed by atoms with van der Waals surface area (Å²) in [6.45, 7) is -0.0490. The Morgan fingerprint density at radius 2 is 2.11 bits per heavy atom. The second-order valence-electron chi connectivity index (χ2n) is 5.73. The van der Waals surface area contributed by atoms with Crippen molar-refractivity contribution in [3.8, 4) is 17.6 Å². The molecule has 0 unspecified atom stereocenters.